The summed E-state index contributed by atoms with van der Waals surface area (Å²) in [6.45, 7) is 22.6. The normalized spacial score (nSPS) is 12.1. The number of benzene rings is 2. The van der Waals surface area contributed by atoms with Crippen LogP contribution in [-0.2, 0) is 61.3 Å². The Labute approximate surface area is 420 Å². The Balaban J connectivity index is 1.20. The minimum absolute atomic E-state index is 0.0588. The number of hydrogen-bond donors (Lipinski definition) is 0. The van der Waals surface area contributed by atoms with Gasteiger partial charge in [0.15, 0.2) is 0 Å². The summed E-state index contributed by atoms with van der Waals surface area (Å²) in [5.41, 5.74) is 0. The smallest absolute Gasteiger partial charge is 0.261 e. The van der Waals surface area contributed by atoms with E-state index in [2.05, 4.69) is 88.4 Å². The van der Waals surface area contributed by atoms with E-state index in [1.807, 2.05) is 0 Å². The molecule has 0 heterocycles. The van der Waals surface area contributed by atoms with Gasteiger partial charge in [0.25, 0.3) is 8.32 Å². The summed E-state index contributed by atoms with van der Waals surface area (Å²) >= 11 is 0. The summed E-state index contributed by atoms with van der Waals surface area (Å²) in [5, 5.41) is 2.48. The molecule has 0 saturated heterocycles. The molecule has 2 rings (SSSR count). The first-order valence-electron chi connectivity index (χ1n) is 26.7. The molecule has 0 radical (unpaired) electrons. The van der Waals surface area contributed by atoms with Crippen LogP contribution in [-0.4, -0.2) is 173 Å². The van der Waals surface area contributed by atoms with Crippen LogP contribution in [0.2, 0.25) is 5.04 Å². The minimum Gasteiger partial charge on any atom is -0.405 e. The first-order chi connectivity index (χ1) is 34.0. The first kappa shape index (κ1) is 63.3. The lowest BCUT2D eigenvalue weighted by Gasteiger charge is -2.43. The molecule has 0 spiro atoms. The van der Waals surface area contributed by atoms with Gasteiger partial charge in [-0.1, -0.05) is 165 Å². The second-order valence-electron chi connectivity index (χ2n) is 18.1. The summed E-state index contributed by atoms with van der Waals surface area (Å²) in [5.74, 6) is 0. The van der Waals surface area contributed by atoms with Gasteiger partial charge in [-0.05, 0) is 21.8 Å². The third-order valence-electron chi connectivity index (χ3n) is 11.4. The van der Waals surface area contributed by atoms with E-state index < -0.39 is 8.32 Å². The lowest BCUT2D eigenvalue weighted by atomic mass is 10.0. The quantitative estimate of drug-likeness (QED) is 0.0464. The molecule has 0 aliphatic carbocycles. The van der Waals surface area contributed by atoms with E-state index in [4.69, 9.17) is 61.3 Å². The van der Waals surface area contributed by atoms with Crippen LogP contribution in [0.3, 0.4) is 0 Å². The highest BCUT2D eigenvalue weighted by molar-refractivity contribution is 6.99. The van der Waals surface area contributed by atoms with Crippen LogP contribution < -0.4 is 10.4 Å². The van der Waals surface area contributed by atoms with Crippen molar-refractivity contribution < 1.29 is 61.3 Å². The maximum atomic E-state index is 6.86. The molecule has 0 aromatic heterocycles. The van der Waals surface area contributed by atoms with E-state index in [1.54, 1.807) is 0 Å². The van der Waals surface area contributed by atoms with E-state index in [9.17, 15) is 0 Å². The van der Waals surface area contributed by atoms with E-state index in [1.165, 1.54) is 87.4 Å². The monoisotopic (exact) mass is 995 g/mol. The van der Waals surface area contributed by atoms with E-state index in [0.717, 1.165) is 13.0 Å². The summed E-state index contributed by atoms with van der Waals surface area (Å²) in [7, 11) is -2.55. The molecule has 69 heavy (non-hydrogen) atoms. The molecule has 0 N–H and O–H groups in total. The van der Waals surface area contributed by atoms with Gasteiger partial charge in [-0.15, -0.1) is 0 Å². The summed E-state index contributed by atoms with van der Waals surface area (Å²) in [6, 6.07) is 21.3. The Kier molecular flexibility index (Phi) is 43.2. The van der Waals surface area contributed by atoms with Gasteiger partial charge in [0.1, 0.15) is 0 Å². The van der Waals surface area contributed by atoms with Crippen LogP contribution in [0.1, 0.15) is 111 Å². The Morgan fingerprint density at radius 3 is 0.739 bits per heavy atom. The predicted molar refractivity (Wildman–Crippen MR) is 279 cm³/mol. The lowest BCUT2D eigenvalue weighted by Crippen LogP contribution is -2.66. The van der Waals surface area contributed by atoms with E-state index >= 15 is 0 Å². The average molecular weight is 995 g/mol. The zero-order valence-electron chi connectivity index (χ0n) is 44.0. The Hall–Kier alpha value is -1.86. The van der Waals surface area contributed by atoms with Gasteiger partial charge in [0.2, 0.25) is 0 Å². The number of ether oxygens (including phenoxy) is 12. The standard InChI is InChI=1S/C55H98O13Si/c1-5-6-7-8-9-10-11-12-13-14-15-16-23-28-56-29-30-57-31-32-58-33-34-59-35-36-60-37-38-61-39-40-62-41-42-63-43-44-64-45-46-65-47-48-66-49-50-67-51-52-68-69(55(2,3)4,53-24-19-17-20-25-53)54-26-21-18-22-27-54/h17-22,24-27H,5-16,23,28-52H2,1-4H3. The average Bonchev–Trinajstić information content (AvgIpc) is 3.36. The fourth-order valence-electron chi connectivity index (χ4n) is 7.76. The molecule has 0 atom stereocenters. The van der Waals surface area contributed by atoms with Crippen molar-refractivity contribution in [2.45, 2.75) is 116 Å². The SMILES string of the molecule is CCCCCCCCCCCCCCCOCCOCCOCCOCCOCCOCCOCCOCCOCCOCCOCCOCCO[Si](c1ccccc1)(c1ccccc1)C(C)(C)C. The molecule has 0 amide bonds. The minimum atomic E-state index is -2.55. The summed E-state index contributed by atoms with van der Waals surface area (Å²) < 4.78 is 74.2. The van der Waals surface area contributed by atoms with Crippen molar-refractivity contribution in [1.29, 1.82) is 0 Å². The molecule has 2 aromatic carbocycles. The van der Waals surface area contributed by atoms with E-state index in [-0.39, 0.29) is 5.04 Å². The fourth-order valence-corrected chi connectivity index (χ4v) is 12.3. The van der Waals surface area contributed by atoms with Crippen molar-refractivity contribution in [3.05, 3.63) is 60.7 Å². The first-order valence-corrected chi connectivity index (χ1v) is 28.6. The summed E-state index contributed by atoms with van der Waals surface area (Å²) in [6.07, 6.45) is 17.8. The maximum Gasteiger partial charge on any atom is 0.261 e. The highest BCUT2D eigenvalue weighted by atomic mass is 28.4. The second kappa shape index (κ2) is 47.2. The molecular weight excluding hydrogens is 897 g/mol. The van der Waals surface area contributed by atoms with Crippen LogP contribution >= 0.6 is 0 Å². The molecule has 0 fully saturated rings. The molecular formula is C55H98O13Si. The van der Waals surface area contributed by atoms with Gasteiger partial charge in [-0.25, -0.2) is 0 Å². The Morgan fingerprint density at radius 2 is 0.493 bits per heavy atom. The lowest BCUT2D eigenvalue weighted by molar-refractivity contribution is -0.0285. The van der Waals surface area contributed by atoms with Crippen LogP contribution in [0, 0.1) is 0 Å². The zero-order chi connectivity index (χ0) is 49.3. The van der Waals surface area contributed by atoms with Crippen molar-refractivity contribution >= 4 is 18.7 Å². The number of hydrogen-bond acceptors (Lipinski definition) is 13. The van der Waals surface area contributed by atoms with Crippen LogP contribution in [0.4, 0.5) is 0 Å². The van der Waals surface area contributed by atoms with Gasteiger partial charge < -0.3 is 61.3 Å². The fraction of sp³-hybridized carbons (Fsp3) is 0.782. The molecule has 0 unspecified atom stereocenters. The van der Waals surface area contributed by atoms with Gasteiger partial charge in [-0.3, -0.25) is 0 Å². The van der Waals surface area contributed by atoms with Crippen LogP contribution in [0.25, 0.3) is 0 Å². The Morgan fingerprint density at radius 1 is 0.275 bits per heavy atom. The number of unbranched alkanes of at least 4 members (excludes halogenated alkanes) is 12. The molecule has 0 aliphatic heterocycles. The Bertz CT molecular complexity index is 1280. The molecule has 0 bridgehead atoms. The van der Waals surface area contributed by atoms with Gasteiger partial charge in [0.05, 0.1) is 159 Å². The molecule has 13 nitrogen and oxygen atoms in total. The number of rotatable bonds is 53. The second-order valence-corrected chi connectivity index (χ2v) is 22.4. The van der Waals surface area contributed by atoms with Gasteiger partial charge in [-0.2, -0.15) is 0 Å². The van der Waals surface area contributed by atoms with Crippen molar-refractivity contribution in [1.82, 2.24) is 0 Å². The third kappa shape index (κ3) is 35.0. The topological polar surface area (TPSA) is 120 Å². The van der Waals surface area contributed by atoms with E-state index in [0.29, 0.717) is 159 Å². The molecule has 14 heteroatoms. The maximum absolute atomic E-state index is 6.86. The summed E-state index contributed by atoms with van der Waals surface area (Å²) in [4.78, 5) is 0. The van der Waals surface area contributed by atoms with Crippen molar-refractivity contribution in [3.8, 4) is 0 Å². The highest BCUT2D eigenvalue weighted by Crippen LogP contribution is 2.36. The van der Waals surface area contributed by atoms with Crippen molar-refractivity contribution in [3.63, 3.8) is 0 Å². The molecule has 400 valence electrons. The van der Waals surface area contributed by atoms with Crippen LogP contribution in [0.5, 0.6) is 0 Å². The van der Waals surface area contributed by atoms with Gasteiger partial charge >= 0.3 is 0 Å². The van der Waals surface area contributed by atoms with Crippen molar-refractivity contribution in [2.75, 3.05) is 165 Å². The van der Waals surface area contributed by atoms with Crippen LogP contribution in [0.15, 0.2) is 60.7 Å². The molecule has 0 saturated carbocycles. The molecule has 2 aromatic rings. The third-order valence-corrected chi connectivity index (χ3v) is 16.5. The molecule has 0 aliphatic rings. The van der Waals surface area contributed by atoms with Crippen molar-refractivity contribution in [2.24, 2.45) is 0 Å². The highest BCUT2D eigenvalue weighted by Gasteiger charge is 2.50. The van der Waals surface area contributed by atoms with Gasteiger partial charge in [0, 0.05) is 6.61 Å². The largest absolute Gasteiger partial charge is 0.405 e. The predicted octanol–water partition coefficient (Wildman–Crippen LogP) is 8.85. The zero-order valence-corrected chi connectivity index (χ0v) is 45.0.